The molecular formula is C22H23NO8. The highest BCUT2D eigenvalue weighted by atomic mass is 16.6. The van der Waals surface area contributed by atoms with Crippen molar-refractivity contribution in [1.29, 1.82) is 0 Å². The zero-order valence-corrected chi connectivity index (χ0v) is 17.9. The second-order valence-electron chi connectivity index (χ2n) is 7.24. The Balaban J connectivity index is 1.96. The van der Waals surface area contributed by atoms with Crippen LogP contribution < -0.4 is 23.7 Å². The largest absolute Gasteiger partial charge is 0.495 e. The van der Waals surface area contributed by atoms with Gasteiger partial charge in [-0.3, -0.25) is 14.9 Å². The van der Waals surface area contributed by atoms with E-state index in [0.717, 1.165) is 0 Å². The van der Waals surface area contributed by atoms with Gasteiger partial charge in [0.15, 0.2) is 18.1 Å². The molecule has 0 aliphatic carbocycles. The Bertz CT molecular complexity index is 1060. The lowest BCUT2D eigenvalue weighted by Gasteiger charge is -2.29. The van der Waals surface area contributed by atoms with Crippen molar-refractivity contribution in [2.24, 2.45) is 0 Å². The third kappa shape index (κ3) is 4.40. The van der Waals surface area contributed by atoms with Crippen LogP contribution in [0.5, 0.6) is 28.7 Å². The molecule has 0 N–H and O–H groups in total. The molecule has 0 unspecified atom stereocenters. The molecule has 0 atom stereocenters. The fourth-order valence-corrected chi connectivity index (χ4v) is 3.23. The van der Waals surface area contributed by atoms with Crippen molar-refractivity contribution >= 4 is 17.5 Å². The topological polar surface area (TPSA) is 106 Å². The van der Waals surface area contributed by atoms with E-state index in [2.05, 4.69) is 0 Å². The van der Waals surface area contributed by atoms with Gasteiger partial charge in [-0.25, -0.2) is 0 Å². The van der Waals surface area contributed by atoms with Gasteiger partial charge in [0.1, 0.15) is 28.4 Å². The zero-order valence-electron chi connectivity index (χ0n) is 17.9. The number of nitrogens with zero attached hydrogens (tertiary/aromatic N) is 1. The summed E-state index contributed by atoms with van der Waals surface area (Å²) in [6.07, 6.45) is 3.52. The molecular weight excluding hydrogens is 406 g/mol. The van der Waals surface area contributed by atoms with Gasteiger partial charge in [0, 0.05) is 6.07 Å². The summed E-state index contributed by atoms with van der Waals surface area (Å²) in [7, 11) is 4.33. The molecule has 1 aliphatic heterocycles. The van der Waals surface area contributed by atoms with Gasteiger partial charge >= 0.3 is 0 Å². The number of methoxy groups -OCH3 is 3. The SMILES string of the molecule is COc1ccc(OCC(=O)c2c([N+](=O)[O-])cc3c(c2OC)C=CC(C)(C)O3)cc1OC. The molecule has 0 saturated heterocycles. The molecule has 0 aromatic heterocycles. The summed E-state index contributed by atoms with van der Waals surface area (Å²) >= 11 is 0. The van der Waals surface area contributed by atoms with Crippen molar-refractivity contribution in [2.75, 3.05) is 27.9 Å². The van der Waals surface area contributed by atoms with E-state index in [0.29, 0.717) is 22.8 Å². The van der Waals surface area contributed by atoms with Gasteiger partial charge in [-0.2, -0.15) is 0 Å². The normalized spacial score (nSPS) is 13.6. The molecule has 9 nitrogen and oxygen atoms in total. The average molecular weight is 429 g/mol. The number of ketones is 1. The second-order valence-corrected chi connectivity index (χ2v) is 7.24. The lowest BCUT2D eigenvalue weighted by atomic mass is 9.97. The van der Waals surface area contributed by atoms with Crippen LogP contribution >= 0.6 is 0 Å². The lowest BCUT2D eigenvalue weighted by Crippen LogP contribution is -2.28. The molecule has 9 heteroatoms. The molecule has 0 amide bonds. The Hall–Kier alpha value is -3.75. The monoisotopic (exact) mass is 429 g/mol. The second kappa shape index (κ2) is 8.55. The molecule has 2 aromatic carbocycles. The van der Waals surface area contributed by atoms with E-state index >= 15 is 0 Å². The van der Waals surface area contributed by atoms with Gasteiger partial charge in [-0.1, -0.05) is 0 Å². The van der Waals surface area contributed by atoms with Crippen molar-refractivity contribution < 1.29 is 33.4 Å². The summed E-state index contributed by atoms with van der Waals surface area (Å²) < 4.78 is 27.2. The summed E-state index contributed by atoms with van der Waals surface area (Å²) in [5.41, 5.74) is -0.780. The minimum atomic E-state index is -0.645. The first kappa shape index (κ1) is 21.9. The summed E-state index contributed by atoms with van der Waals surface area (Å²) in [5.74, 6) is 0.998. The maximum absolute atomic E-state index is 13.0. The standard InChI is InChI=1S/C22H23NO8/c1-22(2)9-8-14-18(31-22)11-15(23(25)26)20(21(14)29-5)16(24)12-30-13-6-7-17(27-3)19(10-13)28-4/h6-11H,12H2,1-5H3. The van der Waals surface area contributed by atoms with Crippen molar-refractivity contribution in [3.8, 4) is 28.7 Å². The van der Waals surface area contributed by atoms with E-state index in [-0.39, 0.29) is 17.1 Å². The van der Waals surface area contributed by atoms with Gasteiger partial charge in [0.2, 0.25) is 5.78 Å². The molecule has 0 radical (unpaired) electrons. The molecule has 1 heterocycles. The van der Waals surface area contributed by atoms with E-state index in [1.54, 1.807) is 30.4 Å². The Morgan fingerprint density at radius 2 is 1.81 bits per heavy atom. The van der Waals surface area contributed by atoms with E-state index < -0.39 is 28.6 Å². The van der Waals surface area contributed by atoms with Crippen molar-refractivity contribution in [3.05, 3.63) is 51.6 Å². The molecule has 3 rings (SSSR count). The zero-order chi connectivity index (χ0) is 22.8. The van der Waals surface area contributed by atoms with Crippen molar-refractivity contribution in [2.45, 2.75) is 19.4 Å². The number of nitro benzene ring substituents is 1. The first-order valence-corrected chi connectivity index (χ1v) is 9.36. The predicted molar refractivity (Wildman–Crippen MR) is 113 cm³/mol. The van der Waals surface area contributed by atoms with Crippen molar-refractivity contribution in [3.63, 3.8) is 0 Å². The summed E-state index contributed by atoms with van der Waals surface area (Å²) in [6, 6.07) is 6.03. The molecule has 2 aromatic rings. The summed E-state index contributed by atoms with van der Waals surface area (Å²) in [4.78, 5) is 24.1. The van der Waals surface area contributed by atoms with Crippen LogP contribution in [0.4, 0.5) is 5.69 Å². The number of carbonyl (C=O) groups excluding carboxylic acids is 1. The van der Waals surface area contributed by atoms with Gasteiger partial charge < -0.3 is 23.7 Å². The predicted octanol–water partition coefficient (Wildman–Crippen LogP) is 4.07. The number of rotatable bonds is 8. The number of carbonyl (C=O) groups is 1. The van der Waals surface area contributed by atoms with Crippen LogP contribution in [0, 0.1) is 10.1 Å². The first-order chi connectivity index (χ1) is 14.7. The summed E-state index contributed by atoms with van der Waals surface area (Å²) in [5, 5.41) is 11.7. The number of hydrogen-bond acceptors (Lipinski definition) is 8. The number of fused-ring (bicyclic) bond motifs is 1. The van der Waals surface area contributed by atoms with E-state index in [1.807, 2.05) is 13.8 Å². The fourth-order valence-electron chi connectivity index (χ4n) is 3.23. The molecule has 31 heavy (non-hydrogen) atoms. The highest BCUT2D eigenvalue weighted by molar-refractivity contribution is 6.05. The van der Waals surface area contributed by atoms with Crippen LogP contribution in [0.2, 0.25) is 0 Å². The Morgan fingerprint density at radius 3 is 2.42 bits per heavy atom. The highest BCUT2D eigenvalue weighted by Crippen LogP contribution is 2.44. The molecule has 0 saturated carbocycles. The fraction of sp³-hybridized carbons (Fsp3) is 0.318. The number of hydrogen-bond donors (Lipinski definition) is 0. The van der Waals surface area contributed by atoms with Crippen LogP contribution in [-0.2, 0) is 0 Å². The van der Waals surface area contributed by atoms with Gasteiger partial charge in [-0.15, -0.1) is 0 Å². The number of nitro groups is 1. The number of Topliss-reactive ketones (excluding diaryl/α,β-unsaturated/α-hetero) is 1. The molecule has 1 aliphatic rings. The van der Waals surface area contributed by atoms with E-state index in [1.165, 1.54) is 27.4 Å². The smallest absolute Gasteiger partial charge is 0.287 e. The molecule has 0 spiro atoms. The number of benzene rings is 2. The van der Waals surface area contributed by atoms with Crippen LogP contribution in [0.3, 0.4) is 0 Å². The van der Waals surface area contributed by atoms with Crippen molar-refractivity contribution in [1.82, 2.24) is 0 Å². The quantitative estimate of drug-likeness (QED) is 0.351. The third-order valence-electron chi connectivity index (χ3n) is 4.69. The first-order valence-electron chi connectivity index (χ1n) is 9.36. The summed E-state index contributed by atoms with van der Waals surface area (Å²) in [6.45, 7) is 3.20. The van der Waals surface area contributed by atoms with Gasteiger partial charge in [0.05, 0.1) is 37.9 Å². The maximum atomic E-state index is 13.0. The van der Waals surface area contributed by atoms with E-state index in [4.69, 9.17) is 23.7 Å². The molecule has 0 fully saturated rings. The Labute approximate surface area is 179 Å². The molecule has 164 valence electrons. The van der Waals surface area contributed by atoms with Crippen LogP contribution in [0.1, 0.15) is 29.8 Å². The van der Waals surface area contributed by atoms with Crippen LogP contribution in [-0.4, -0.2) is 44.2 Å². The maximum Gasteiger partial charge on any atom is 0.287 e. The average Bonchev–Trinajstić information content (AvgIpc) is 2.74. The third-order valence-corrected chi connectivity index (χ3v) is 4.69. The highest BCUT2D eigenvalue weighted by Gasteiger charge is 2.33. The minimum Gasteiger partial charge on any atom is -0.495 e. The van der Waals surface area contributed by atoms with Gasteiger partial charge in [0.25, 0.3) is 5.69 Å². The Kier molecular flexibility index (Phi) is 6.05. The molecule has 0 bridgehead atoms. The van der Waals surface area contributed by atoms with Gasteiger partial charge in [-0.05, 0) is 38.1 Å². The minimum absolute atomic E-state index is 0.0665. The van der Waals surface area contributed by atoms with Crippen LogP contribution in [0.25, 0.3) is 6.08 Å². The van der Waals surface area contributed by atoms with Crippen LogP contribution in [0.15, 0.2) is 30.3 Å². The Morgan fingerprint density at radius 1 is 1.10 bits per heavy atom. The lowest BCUT2D eigenvalue weighted by molar-refractivity contribution is -0.385. The van der Waals surface area contributed by atoms with E-state index in [9.17, 15) is 14.9 Å². The number of ether oxygens (including phenoxy) is 5.